The summed E-state index contributed by atoms with van der Waals surface area (Å²) in [7, 11) is 1.21. The number of allylic oxidation sites excluding steroid dienone is 21. The SMILES string of the molecule is CC/C=C\C/C=C\C/C=C\C/C=C\C/C=C\C/C=C\C/C=C\C/C=C\CCCCCCCCCCCCC(=O)NC(COP(=O)([O-])OCC[N+](C)(C)C)C(O)/C=C/CC/C=C/CC/C=C/CC. The number of quaternary nitrogens is 1. The third kappa shape index (κ3) is 50.3. The molecule has 380 valence electrons. The Morgan fingerprint density at radius 3 is 1.33 bits per heavy atom. The van der Waals surface area contributed by atoms with Gasteiger partial charge in [-0.15, -0.1) is 0 Å². The summed E-state index contributed by atoms with van der Waals surface area (Å²) in [5.74, 6) is -0.226. The molecule has 0 radical (unpaired) electrons. The number of aliphatic hydroxyl groups excluding tert-OH is 1. The summed E-state index contributed by atoms with van der Waals surface area (Å²) in [6.07, 6.45) is 72.5. The van der Waals surface area contributed by atoms with E-state index >= 15 is 0 Å². The van der Waals surface area contributed by atoms with Crippen LogP contribution in [0.1, 0.15) is 174 Å². The average Bonchev–Trinajstić information content (AvgIpc) is 3.29. The van der Waals surface area contributed by atoms with Crippen molar-refractivity contribution in [3.05, 3.63) is 134 Å². The number of hydrogen-bond acceptors (Lipinski definition) is 6. The number of nitrogens with one attached hydrogen (secondary N) is 1. The first-order valence-electron chi connectivity index (χ1n) is 26.0. The van der Waals surface area contributed by atoms with E-state index in [0.717, 1.165) is 116 Å². The molecule has 0 aliphatic carbocycles. The van der Waals surface area contributed by atoms with Gasteiger partial charge in [0.15, 0.2) is 0 Å². The van der Waals surface area contributed by atoms with Crippen molar-refractivity contribution in [2.75, 3.05) is 40.9 Å². The van der Waals surface area contributed by atoms with Crippen molar-refractivity contribution in [3.63, 3.8) is 0 Å². The van der Waals surface area contributed by atoms with Gasteiger partial charge in [0.05, 0.1) is 39.9 Å². The van der Waals surface area contributed by atoms with Gasteiger partial charge in [0.1, 0.15) is 13.2 Å². The molecule has 0 aliphatic heterocycles. The van der Waals surface area contributed by atoms with Gasteiger partial charge in [0.25, 0.3) is 7.82 Å². The minimum absolute atomic E-state index is 0.0171. The van der Waals surface area contributed by atoms with Crippen molar-refractivity contribution in [2.24, 2.45) is 0 Å². The number of rotatable bonds is 45. The van der Waals surface area contributed by atoms with Crippen molar-refractivity contribution in [1.82, 2.24) is 5.32 Å². The highest BCUT2D eigenvalue weighted by Crippen LogP contribution is 2.38. The summed E-state index contributed by atoms with van der Waals surface area (Å²) in [5.41, 5.74) is 0. The zero-order valence-corrected chi connectivity index (χ0v) is 43.9. The van der Waals surface area contributed by atoms with Crippen LogP contribution in [0.25, 0.3) is 0 Å². The molecule has 0 aromatic rings. The Labute approximate surface area is 411 Å². The first-order chi connectivity index (χ1) is 32.5. The normalized spacial score (nSPS) is 15.1. The van der Waals surface area contributed by atoms with Crippen LogP contribution in [0, 0.1) is 0 Å². The maximum atomic E-state index is 12.9. The van der Waals surface area contributed by atoms with Crippen LogP contribution in [-0.4, -0.2) is 68.5 Å². The van der Waals surface area contributed by atoms with Crippen LogP contribution in [0.3, 0.4) is 0 Å². The average molecular weight is 949 g/mol. The van der Waals surface area contributed by atoms with Gasteiger partial charge in [-0.2, -0.15) is 0 Å². The van der Waals surface area contributed by atoms with E-state index < -0.39 is 26.6 Å². The minimum atomic E-state index is -4.61. The monoisotopic (exact) mass is 949 g/mol. The topological polar surface area (TPSA) is 108 Å². The molecule has 0 saturated heterocycles. The van der Waals surface area contributed by atoms with Crippen molar-refractivity contribution in [2.45, 2.75) is 187 Å². The maximum absolute atomic E-state index is 12.9. The van der Waals surface area contributed by atoms with E-state index in [1.54, 1.807) is 6.08 Å². The Bertz CT molecular complexity index is 1540. The standard InChI is InChI=1S/C58H97N2O6P/c1-6-8-10-12-14-16-18-19-20-21-22-23-24-25-26-27-28-29-30-31-32-33-34-35-36-37-38-39-40-41-42-44-46-48-50-52-58(62)59-56(55-66-67(63,64)65-54-53-60(3,4)5)57(61)51-49-47-45-43-17-15-13-11-9-7-2/h8-11,14,16-17,19-20,22-23,25-26,28-29,31-32,34-35,43,49,51,56-57,61H,6-7,12-13,15,18,21,24,27,30,33,36-42,44-48,50,52-55H2,1-5H3,(H-,59,62,63,64)/b10-8-,11-9+,16-14-,20-19-,23-22-,26-25-,29-28-,32-31-,35-34-,43-17+,51-49+. The van der Waals surface area contributed by atoms with E-state index in [1.165, 1.54) is 38.5 Å². The molecule has 9 heteroatoms. The Hall–Kier alpha value is -3.36. The summed E-state index contributed by atoms with van der Waals surface area (Å²) in [4.78, 5) is 25.3. The van der Waals surface area contributed by atoms with E-state index in [9.17, 15) is 19.4 Å². The molecule has 0 spiro atoms. The van der Waals surface area contributed by atoms with E-state index in [0.29, 0.717) is 17.4 Å². The quantitative estimate of drug-likeness (QED) is 0.0272. The van der Waals surface area contributed by atoms with Crippen molar-refractivity contribution in [3.8, 4) is 0 Å². The lowest BCUT2D eigenvalue weighted by Crippen LogP contribution is -2.45. The smallest absolute Gasteiger partial charge is 0.268 e. The summed E-state index contributed by atoms with van der Waals surface area (Å²) >= 11 is 0. The van der Waals surface area contributed by atoms with E-state index in [-0.39, 0.29) is 12.5 Å². The number of unbranched alkanes of at least 4 members (excludes halogenated alkanes) is 12. The third-order valence-electron chi connectivity index (χ3n) is 10.6. The predicted molar refractivity (Wildman–Crippen MR) is 288 cm³/mol. The first kappa shape index (κ1) is 63.6. The first-order valence-corrected chi connectivity index (χ1v) is 27.5. The van der Waals surface area contributed by atoms with Gasteiger partial charge < -0.3 is 28.8 Å². The van der Waals surface area contributed by atoms with Crippen LogP contribution in [0.5, 0.6) is 0 Å². The van der Waals surface area contributed by atoms with Crippen LogP contribution in [0.2, 0.25) is 0 Å². The molecule has 0 bridgehead atoms. The molecule has 0 heterocycles. The molecule has 2 N–H and O–H groups in total. The maximum Gasteiger partial charge on any atom is 0.268 e. The lowest BCUT2D eigenvalue weighted by molar-refractivity contribution is -0.870. The van der Waals surface area contributed by atoms with Crippen LogP contribution in [0.15, 0.2) is 134 Å². The number of likely N-dealkylation sites (N-methyl/N-ethyl adjacent to an activating group) is 1. The fraction of sp³-hybridized carbons (Fsp3) is 0.603. The minimum Gasteiger partial charge on any atom is -0.756 e. The Morgan fingerprint density at radius 2 is 0.881 bits per heavy atom. The second-order valence-corrected chi connectivity index (χ2v) is 19.5. The molecule has 0 aliphatic rings. The van der Waals surface area contributed by atoms with Crippen molar-refractivity contribution in [1.29, 1.82) is 0 Å². The van der Waals surface area contributed by atoms with Gasteiger partial charge >= 0.3 is 0 Å². The van der Waals surface area contributed by atoms with Crippen molar-refractivity contribution < 1.29 is 32.9 Å². The molecule has 8 nitrogen and oxygen atoms in total. The number of phosphoric ester groups is 1. The van der Waals surface area contributed by atoms with Gasteiger partial charge in [0.2, 0.25) is 5.91 Å². The molecular formula is C58H97N2O6P. The molecule has 67 heavy (non-hydrogen) atoms. The highest BCUT2D eigenvalue weighted by atomic mass is 31.2. The zero-order chi connectivity index (χ0) is 49.2. The lowest BCUT2D eigenvalue weighted by atomic mass is 10.0. The highest BCUT2D eigenvalue weighted by molar-refractivity contribution is 7.45. The fourth-order valence-corrected chi connectivity index (χ4v) is 7.28. The van der Waals surface area contributed by atoms with Crippen LogP contribution in [-0.2, 0) is 18.4 Å². The third-order valence-corrected chi connectivity index (χ3v) is 11.5. The molecular weight excluding hydrogens is 852 g/mol. The zero-order valence-electron chi connectivity index (χ0n) is 43.0. The number of nitrogens with zero attached hydrogens (tertiary/aromatic N) is 1. The van der Waals surface area contributed by atoms with Gasteiger partial charge in [-0.1, -0.05) is 199 Å². The Kier molecular flexibility index (Phi) is 45.3. The Balaban J connectivity index is 4.13. The number of aliphatic hydroxyl groups is 1. The number of hydrogen-bond donors (Lipinski definition) is 2. The molecule has 1 amide bonds. The molecule has 0 saturated carbocycles. The van der Waals surface area contributed by atoms with E-state index in [1.807, 2.05) is 27.2 Å². The molecule has 0 aromatic heterocycles. The van der Waals surface area contributed by atoms with Gasteiger partial charge in [-0.05, 0) is 103 Å². The predicted octanol–water partition coefficient (Wildman–Crippen LogP) is 15.0. The lowest BCUT2D eigenvalue weighted by Gasteiger charge is -2.29. The van der Waals surface area contributed by atoms with Crippen molar-refractivity contribution >= 4 is 13.7 Å². The Morgan fingerprint density at radius 1 is 0.522 bits per heavy atom. The molecule has 0 rings (SSSR count). The molecule has 0 fully saturated rings. The summed E-state index contributed by atoms with van der Waals surface area (Å²) in [5, 5.41) is 13.7. The van der Waals surface area contributed by atoms with Crippen LogP contribution >= 0.6 is 7.82 Å². The fourth-order valence-electron chi connectivity index (χ4n) is 6.56. The molecule has 0 aromatic carbocycles. The second-order valence-electron chi connectivity index (χ2n) is 18.1. The molecule has 3 atom stereocenters. The number of amides is 1. The summed E-state index contributed by atoms with van der Waals surface area (Å²) in [6, 6.07) is -0.919. The molecule has 3 unspecified atom stereocenters. The highest BCUT2D eigenvalue weighted by Gasteiger charge is 2.23. The van der Waals surface area contributed by atoms with Gasteiger partial charge in [-0.25, -0.2) is 0 Å². The largest absolute Gasteiger partial charge is 0.756 e. The van der Waals surface area contributed by atoms with Gasteiger partial charge in [-0.3, -0.25) is 9.36 Å². The number of phosphoric acid groups is 1. The number of carbonyl (C=O) groups is 1. The second kappa shape index (κ2) is 47.7. The summed E-state index contributed by atoms with van der Waals surface area (Å²) < 4.78 is 23.2. The van der Waals surface area contributed by atoms with Crippen LogP contribution in [0.4, 0.5) is 0 Å². The van der Waals surface area contributed by atoms with Crippen LogP contribution < -0.4 is 10.2 Å². The van der Waals surface area contributed by atoms with Gasteiger partial charge in [0, 0.05) is 6.42 Å². The van der Waals surface area contributed by atoms with E-state index in [2.05, 4.69) is 141 Å². The number of carbonyl (C=O) groups excluding carboxylic acids is 1. The summed E-state index contributed by atoms with van der Waals surface area (Å²) in [6.45, 7) is 4.34. The van der Waals surface area contributed by atoms with E-state index in [4.69, 9.17) is 9.05 Å².